The third-order valence-corrected chi connectivity index (χ3v) is 5.31. The Labute approximate surface area is 144 Å². The highest BCUT2D eigenvalue weighted by molar-refractivity contribution is 5.96. The number of hydrogen-bond donors (Lipinski definition) is 1. The molecule has 2 aliphatic heterocycles. The average molecular weight is 332 g/mol. The Hall–Kier alpha value is -1.43. The zero-order valence-electron chi connectivity index (χ0n) is 14.7. The van der Waals surface area contributed by atoms with E-state index >= 15 is 0 Å². The summed E-state index contributed by atoms with van der Waals surface area (Å²) in [6.07, 6.45) is 1.03. The molecule has 2 saturated heterocycles. The van der Waals surface area contributed by atoms with Gasteiger partial charge in [0.25, 0.3) is 0 Å². The van der Waals surface area contributed by atoms with E-state index in [2.05, 4.69) is 36.2 Å². The number of benzene rings is 1. The molecule has 1 aromatic carbocycles. The van der Waals surface area contributed by atoms with E-state index in [1.165, 1.54) is 5.56 Å². The van der Waals surface area contributed by atoms with Gasteiger partial charge in [-0.3, -0.25) is 9.69 Å². The summed E-state index contributed by atoms with van der Waals surface area (Å²) in [6.45, 7) is 9.98. The summed E-state index contributed by atoms with van der Waals surface area (Å²) in [5, 5.41) is 3.05. The number of carbonyl (C=O) groups is 1. The third kappa shape index (κ3) is 3.79. The van der Waals surface area contributed by atoms with E-state index in [1.807, 2.05) is 12.1 Å². The molecular weight excluding hydrogens is 304 g/mol. The molecule has 2 heterocycles. The van der Waals surface area contributed by atoms with E-state index in [4.69, 9.17) is 9.47 Å². The lowest BCUT2D eigenvalue weighted by Crippen LogP contribution is -2.55. The maximum absolute atomic E-state index is 12.6. The molecule has 1 aromatic rings. The predicted octanol–water partition coefficient (Wildman–Crippen LogP) is 2.17. The van der Waals surface area contributed by atoms with Gasteiger partial charge in [-0.05, 0) is 30.0 Å². The van der Waals surface area contributed by atoms with Crippen molar-refractivity contribution >= 4 is 11.6 Å². The maximum atomic E-state index is 12.6. The topological polar surface area (TPSA) is 50.8 Å². The van der Waals surface area contributed by atoms with Crippen molar-refractivity contribution in [3.05, 3.63) is 29.8 Å². The second-order valence-electron chi connectivity index (χ2n) is 7.16. The number of carbonyl (C=O) groups excluding carboxylic acids is 1. The van der Waals surface area contributed by atoms with Gasteiger partial charge in [0, 0.05) is 25.3 Å². The minimum atomic E-state index is -0.366. The Kier molecular flexibility index (Phi) is 5.54. The van der Waals surface area contributed by atoms with Crippen LogP contribution in [0.2, 0.25) is 0 Å². The molecule has 0 spiro atoms. The van der Waals surface area contributed by atoms with Crippen LogP contribution in [0, 0.1) is 11.3 Å². The third-order valence-electron chi connectivity index (χ3n) is 5.31. The van der Waals surface area contributed by atoms with Crippen molar-refractivity contribution in [2.75, 3.05) is 51.4 Å². The summed E-state index contributed by atoms with van der Waals surface area (Å²) in [5.41, 5.74) is 1.79. The van der Waals surface area contributed by atoms with Crippen molar-refractivity contribution in [2.45, 2.75) is 20.3 Å². The van der Waals surface area contributed by atoms with Gasteiger partial charge in [-0.15, -0.1) is 0 Å². The second-order valence-corrected chi connectivity index (χ2v) is 7.16. The number of nitrogens with zero attached hydrogens (tertiary/aromatic N) is 1. The van der Waals surface area contributed by atoms with Crippen molar-refractivity contribution in [1.82, 2.24) is 4.90 Å². The number of nitrogens with one attached hydrogen (secondary N) is 1. The van der Waals surface area contributed by atoms with E-state index in [9.17, 15) is 4.79 Å². The highest BCUT2D eigenvalue weighted by Gasteiger charge is 2.48. The molecule has 0 atom stereocenters. The highest BCUT2D eigenvalue weighted by Crippen LogP contribution is 2.36. The van der Waals surface area contributed by atoms with Crippen LogP contribution in [0.1, 0.15) is 19.4 Å². The molecule has 0 unspecified atom stereocenters. The molecule has 24 heavy (non-hydrogen) atoms. The van der Waals surface area contributed by atoms with Crippen LogP contribution in [0.15, 0.2) is 24.3 Å². The summed E-state index contributed by atoms with van der Waals surface area (Å²) in [5.74, 6) is 0.351. The number of hydrogen-bond acceptors (Lipinski definition) is 4. The summed E-state index contributed by atoms with van der Waals surface area (Å²) in [7, 11) is 0. The molecule has 0 aromatic heterocycles. The van der Waals surface area contributed by atoms with E-state index in [0.717, 1.165) is 45.0 Å². The molecule has 3 rings (SSSR count). The molecule has 0 bridgehead atoms. The molecule has 1 amide bonds. The minimum absolute atomic E-state index is 0.0739. The van der Waals surface area contributed by atoms with Crippen molar-refractivity contribution in [3.63, 3.8) is 0 Å². The lowest BCUT2D eigenvalue weighted by Gasteiger charge is -2.43. The first kappa shape index (κ1) is 17.4. The Morgan fingerprint density at radius 1 is 1.17 bits per heavy atom. The van der Waals surface area contributed by atoms with Crippen LogP contribution in [-0.4, -0.2) is 56.9 Å². The van der Waals surface area contributed by atoms with Gasteiger partial charge < -0.3 is 14.8 Å². The summed E-state index contributed by atoms with van der Waals surface area (Å²) in [6, 6.07) is 8.21. The van der Waals surface area contributed by atoms with E-state index in [0.29, 0.717) is 13.2 Å². The largest absolute Gasteiger partial charge is 0.379 e. The van der Waals surface area contributed by atoms with E-state index < -0.39 is 0 Å². The molecular formula is C19H28N2O3. The van der Waals surface area contributed by atoms with Crippen LogP contribution in [0.3, 0.4) is 0 Å². The van der Waals surface area contributed by atoms with Crippen molar-refractivity contribution in [1.29, 1.82) is 0 Å². The fraction of sp³-hybridized carbons (Fsp3) is 0.632. The summed E-state index contributed by atoms with van der Waals surface area (Å²) >= 11 is 0. The highest BCUT2D eigenvalue weighted by atomic mass is 16.5. The second kappa shape index (κ2) is 7.64. The van der Waals surface area contributed by atoms with Crippen LogP contribution in [-0.2, 0) is 20.7 Å². The number of morpholine rings is 1. The Morgan fingerprint density at radius 3 is 2.38 bits per heavy atom. The zero-order valence-corrected chi connectivity index (χ0v) is 14.7. The molecule has 1 N–H and O–H groups in total. The minimum Gasteiger partial charge on any atom is -0.379 e. The van der Waals surface area contributed by atoms with Crippen molar-refractivity contribution < 1.29 is 14.3 Å². The van der Waals surface area contributed by atoms with E-state index in [-0.39, 0.29) is 17.2 Å². The Balaban J connectivity index is 1.51. The lowest BCUT2D eigenvalue weighted by molar-refractivity contribution is -0.166. The summed E-state index contributed by atoms with van der Waals surface area (Å²) < 4.78 is 10.7. The van der Waals surface area contributed by atoms with Gasteiger partial charge in [-0.1, -0.05) is 26.0 Å². The molecule has 5 nitrogen and oxygen atoms in total. The first-order chi connectivity index (χ1) is 11.6. The molecule has 2 fully saturated rings. The van der Waals surface area contributed by atoms with Gasteiger partial charge in [0.1, 0.15) is 0 Å². The van der Waals surface area contributed by atoms with Crippen LogP contribution >= 0.6 is 0 Å². The van der Waals surface area contributed by atoms with Gasteiger partial charge in [-0.2, -0.15) is 0 Å². The van der Waals surface area contributed by atoms with Gasteiger partial charge in [0.05, 0.1) is 31.8 Å². The molecule has 5 heteroatoms. The molecule has 2 aliphatic rings. The van der Waals surface area contributed by atoms with Crippen LogP contribution < -0.4 is 5.32 Å². The summed E-state index contributed by atoms with van der Waals surface area (Å²) in [4.78, 5) is 15.0. The number of rotatable bonds is 6. The predicted molar refractivity (Wildman–Crippen MR) is 94.1 cm³/mol. The first-order valence-corrected chi connectivity index (χ1v) is 8.88. The number of amides is 1. The molecule has 0 aliphatic carbocycles. The maximum Gasteiger partial charge on any atom is 0.235 e. The van der Waals surface area contributed by atoms with Crippen LogP contribution in [0.25, 0.3) is 0 Å². The smallest absolute Gasteiger partial charge is 0.235 e. The van der Waals surface area contributed by atoms with Crippen LogP contribution in [0.4, 0.5) is 5.69 Å². The number of anilines is 1. The van der Waals surface area contributed by atoms with Crippen molar-refractivity contribution in [2.24, 2.45) is 11.3 Å². The monoisotopic (exact) mass is 332 g/mol. The van der Waals surface area contributed by atoms with Gasteiger partial charge in [-0.25, -0.2) is 0 Å². The Bertz CT molecular complexity index is 546. The van der Waals surface area contributed by atoms with Crippen molar-refractivity contribution in [3.8, 4) is 0 Å². The van der Waals surface area contributed by atoms with Gasteiger partial charge in [0.15, 0.2) is 0 Å². The normalized spacial score (nSPS) is 20.6. The Morgan fingerprint density at radius 2 is 1.83 bits per heavy atom. The van der Waals surface area contributed by atoms with Gasteiger partial charge >= 0.3 is 0 Å². The number of ether oxygens (including phenoxy) is 2. The molecule has 132 valence electrons. The molecule has 0 saturated carbocycles. The fourth-order valence-electron chi connectivity index (χ4n) is 3.17. The van der Waals surface area contributed by atoms with E-state index in [1.54, 1.807) is 0 Å². The van der Waals surface area contributed by atoms with Gasteiger partial charge in [0.2, 0.25) is 5.91 Å². The zero-order chi connectivity index (χ0) is 17.0. The lowest BCUT2D eigenvalue weighted by atomic mass is 9.74. The first-order valence-electron chi connectivity index (χ1n) is 8.88. The van der Waals surface area contributed by atoms with Crippen LogP contribution in [0.5, 0.6) is 0 Å². The molecule has 0 radical (unpaired) electrons. The fourth-order valence-corrected chi connectivity index (χ4v) is 3.17. The SMILES string of the molecule is CC(C)C1(C(=O)Nc2ccc(CCN3CCOCC3)cc2)COC1. The quantitative estimate of drug-likeness (QED) is 0.867. The average Bonchev–Trinajstić information content (AvgIpc) is 2.54. The standard InChI is InChI=1S/C19H28N2O3/c1-15(2)19(13-24-14-19)18(22)20-17-5-3-16(4-6-17)7-8-21-9-11-23-12-10-21/h3-6,15H,7-14H2,1-2H3,(H,20,22).